The molecule has 0 radical (unpaired) electrons. The number of anilines is 1. The van der Waals surface area contributed by atoms with Crippen molar-refractivity contribution in [2.24, 2.45) is 0 Å². The third-order valence-corrected chi connectivity index (χ3v) is 4.04. The number of amides is 1. The summed E-state index contributed by atoms with van der Waals surface area (Å²) >= 11 is 0. The minimum Gasteiger partial charge on any atom is -0.386 e. The highest BCUT2D eigenvalue weighted by atomic mass is 16.3. The van der Waals surface area contributed by atoms with Gasteiger partial charge in [0.15, 0.2) is 0 Å². The maximum absolute atomic E-state index is 12.3. The van der Waals surface area contributed by atoms with Gasteiger partial charge in [-0.1, -0.05) is 0 Å². The number of β-amino-alcohol motifs (C(OH)–C–C–N with tert-alkyl or cyclic N) is 1. The average molecular weight is 316 g/mol. The Labute approximate surface area is 134 Å². The minimum absolute atomic E-state index is 0.187. The summed E-state index contributed by atoms with van der Waals surface area (Å²) in [4.78, 5) is 24.2. The second-order valence-electron chi connectivity index (χ2n) is 5.94. The van der Waals surface area contributed by atoms with E-state index in [1.165, 1.54) is 11.1 Å². The van der Waals surface area contributed by atoms with Gasteiger partial charge in [0.2, 0.25) is 0 Å². The molecule has 0 unspecified atom stereocenters. The van der Waals surface area contributed by atoms with Gasteiger partial charge < -0.3 is 14.9 Å². The topological polar surface area (TPSA) is 98.2 Å². The van der Waals surface area contributed by atoms with Gasteiger partial charge in [0.25, 0.3) is 5.91 Å². The number of carbonyl (C=O) groups excluding carboxylic acids is 1. The van der Waals surface area contributed by atoms with Gasteiger partial charge >= 0.3 is 0 Å². The van der Waals surface area contributed by atoms with Gasteiger partial charge in [0.1, 0.15) is 11.5 Å². The molecule has 1 fully saturated rings. The maximum atomic E-state index is 12.3. The second-order valence-corrected chi connectivity index (χ2v) is 5.94. The fraction of sp³-hybridized carbons (Fsp3) is 0.467. The van der Waals surface area contributed by atoms with Crippen LogP contribution in [0, 0.1) is 0 Å². The number of likely N-dealkylation sites (N-methyl/N-ethyl adjacent to an activating group) is 1. The highest BCUT2D eigenvalue weighted by Gasteiger charge is 2.36. The van der Waals surface area contributed by atoms with E-state index in [9.17, 15) is 9.90 Å². The lowest BCUT2D eigenvalue weighted by Crippen LogP contribution is -2.55. The molecule has 1 amide bonds. The zero-order valence-electron chi connectivity index (χ0n) is 13.0. The van der Waals surface area contributed by atoms with Gasteiger partial charge in [-0.15, -0.1) is 0 Å². The van der Waals surface area contributed by atoms with Crippen molar-refractivity contribution in [3.05, 3.63) is 36.5 Å². The number of carbonyl (C=O) groups is 1. The van der Waals surface area contributed by atoms with E-state index in [2.05, 4.69) is 20.2 Å². The van der Waals surface area contributed by atoms with Crippen molar-refractivity contribution >= 4 is 11.7 Å². The number of nitrogens with zero attached hydrogens (tertiary/aromatic N) is 5. The van der Waals surface area contributed by atoms with Crippen molar-refractivity contribution in [1.29, 1.82) is 0 Å². The predicted molar refractivity (Wildman–Crippen MR) is 84.0 cm³/mol. The lowest BCUT2D eigenvalue weighted by atomic mass is 9.92. The number of hydrogen-bond acceptors (Lipinski definition) is 6. The molecule has 23 heavy (non-hydrogen) atoms. The predicted octanol–water partition coefficient (Wildman–Crippen LogP) is 0.303. The lowest BCUT2D eigenvalue weighted by molar-refractivity contribution is -0.000291. The molecular weight excluding hydrogens is 296 g/mol. The number of rotatable bonds is 4. The van der Waals surface area contributed by atoms with Crippen LogP contribution >= 0.6 is 0 Å². The van der Waals surface area contributed by atoms with E-state index in [1.54, 1.807) is 31.7 Å². The lowest BCUT2D eigenvalue weighted by Gasteiger charge is -2.41. The first kappa shape index (κ1) is 15.4. The Morgan fingerprint density at radius 1 is 1.48 bits per heavy atom. The summed E-state index contributed by atoms with van der Waals surface area (Å²) in [5.41, 5.74) is -0.557. The first-order valence-electron chi connectivity index (χ1n) is 7.56. The number of aliphatic hydroxyl groups is 1. The van der Waals surface area contributed by atoms with Crippen LogP contribution in [0.4, 0.5) is 5.82 Å². The highest BCUT2D eigenvalue weighted by molar-refractivity contribution is 5.92. The molecule has 2 aromatic heterocycles. The molecule has 1 atom stereocenters. The van der Waals surface area contributed by atoms with E-state index in [-0.39, 0.29) is 12.5 Å². The van der Waals surface area contributed by atoms with E-state index in [1.807, 2.05) is 4.90 Å². The van der Waals surface area contributed by atoms with E-state index >= 15 is 0 Å². The largest absolute Gasteiger partial charge is 0.386 e. The number of piperidine rings is 1. The van der Waals surface area contributed by atoms with Crippen molar-refractivity contribution < 1.29 is 9.90 Å². The first-order chi connectivity index (χ1) is 11.1. The Bertz CT molecular complexity index is 647. The van der Waals surface area contributed by atoms with E-state index in [0.717, 1.165) is 18.8 Å². The van der Waals surface area contributed by atoms with Gasteiger partial charge in [-0.3, -0.25) is 14.9 Å². The molecule has 0 saturated carbocycles. The molecule has 1 saturated heterocycles. The molecule has 2 aromatic rings. The zero-order chi connectivity index (χ0) is 16.3. The second kappa shape index (κ2) is 6.33. The summed E-state index contributed by atoms with van der Waals surface area (Å²) in [7, 11) is 1.68. The van der Waals surface area contributed by atoms with Gasteiger partial charge in [-0.25, -0.2) is 4.98 Å². The average Bonchev–Trinajstić information content (AvgIpc) is 3.09. The van der Waals surface area contributed by atoms with E-state index in [4.69, 9.17) is 0 Å². The van der Waals surface area contributed by atoms with Gasteiger partial charge in [-0.05, 0) is 18.9 Å². The Morgan fingerprint density at radius 3 is 3.04 bits per heavy atom. The van der Waals surface area contributed by atoms with Gasteiger partial charge in [0.05, 0.1) is 18.3 Å². The molecule has 3 heterocycles. The molecule has 0 aromatic carbocycles. The maximum Gasteiger partial charge on any atom is 0.271 e. The SMILES string of the molecule is CN(C[C@]1(O)CCCN(c2cnccn2)C1)C(=O)c1ccn[nH]1. The summed E-state index contributed by atoms with van der Waals surface area (Å²) in [6.45, 7) is 1.49. The minimum atomic E-state index is -0.972. The Hall–Kier alpha value is -2.48. The molecule has 8 nitrogen and oxygen atoms in total. The summed E-state index contributed by atoms with van der Waals surface area (Å²) in [5.74, 6) is 0.556. The van der Waals surface area contributed by atoms with Crippen LogP contribution in [0.15, 0.2) is 30.9 Å². The van der Waals surface area contributed by atoms with Crippen molar-refractivity contribution in [3.8, 4) is 0 Å². The molecular formula is C15H20N6O2. The number of H-pyrrole nitrogens is 1. The van der Waals surface area contributed by atoms with Crippen LogP contribution in [0.2, 0.25) is 0 Å². The van der Waals surface area contributed by atoms with Crippen molar-refractivity contribution in [2.75, 3.05) is 31.6 Å². The fourth-order valence-corrected chi connectivity index (χ4v) is 2.99. The summed E-state index contributed by atoms with van der Waals surface area (Å²) < 4.78 is 0. The van der Waals surface area contributed by atoms with Crippen LogP contribution in [-0.2, 0) is 0 Å². The van der Waals surface area contributed by atoms with Crippen LogP contribution in [0.5, 0.6) is 0 Å². The molecule has 2 N–H and O–H groups in total. The molecule has 3 rings (SSSR count). The number of hydrogen-bond donors (Lipinski definition) is 2. The number of aromatic amines is 1. The highest BCUT2D eigenvalue weighted by Crippen LogP contribution is 2.25. The molecule has 0 bridgehead atoms. The van der Waals surface area contributed by atoms with Crippen molar-refractivity contribution in [2.45, 2.75) is 18.4 Å². The number of nitrogens with one attached hydrogen (secondary N) is 1. The quantitative estimate of drug-likeness (QED) is 0.842. The summed E-state index contributed by atoms with van der Waals surface area (Å²) in [5, 5.41) is 17.3. The molecule has 122 valence electrons. The Kier molecular flexibility index (Phi) is 4.24. The van der Waals surface area contributed by atoms with Crippen LogP contribution in [0.25, 0.3) is 0 Å². The number of aromatic nitrogens is 4. The molecule has 8 heteroatoms. The standard InChI is InChI=1S/C15H20N6O2/c1-20(14(22)12-3-5-18-19-12)10-15(23)4-2-8-21(11-15)13-9-16-6-7-17-13/h3,5-7,9,23H,2,4,8,10-11H2,1H3,(H,18,19)/t15-/m1/s1. The third-order valence-electron chi connectivity index (χ3n) is 4.04. The molecule has 1 aliphatic rings. The van der Waals surface area contributed by atoms with Gasteiger partial charge in [-0.2, -0.15) is 5.10 Å². The summed E-state index contributed by atoms with van der Waals surface area (Å²) in [6.07, 6.45) is 7.95. The molecule has 0 spiro atoms. The summed E-state index contributed by atoms with van der Waals surface area (Å²) in [6, 6.07) is 1.62. The van der Waals surface area contributed by atoms with E-state index < -0.39 is 5.60 Å². The van der Waals surface area contributed by atoms with Crippen LogP contribution in [-0.4, -0.2) is 68.4 Å². The van der Waals surface area contributed by atoms with Crippen LogP contribution < -0.4 is 4.90 Å². The smallest absolute Gasteiger partial charge is 0.271 e. The normalized spacial score (nSPS) is 21.2. The Morgan fingerprint density at radius 2 is 2.35 bits per heavy atom. The third kappa shape index (κ3) is 3.48. The fourth-order valence-electron chi connectivity index (χ4n) is 2.99. The van der Waals surface area contributed by atoms with Crippen molar-refractivity contribution in [3.63, 3.8) is 0 Å². The van der Waals surface area contributed by atoms with Gasteiger partial charge in [0, 0.05) is 38.7 Å². The van der Waals surface area contributed by atoms with E-state index in [0.29, 0.717) is 18.7 Å². The van der Waals surface area contributed by atoms with Crippen LogP contribution in [0.1, 0.15) is 23.3 Å². The van der Waals surface area contributed by atoms with Crippen LogP contribution in [0.3, 0.4) is 0 Å². The van der Waals surface area contributed by atoms with Crippen molar-refractivity contribution in [1.82, 2.24) is 25.1 Å². The zero-order valence-corrected chi connectivity index (χ0v) is 13.0. The molecule has 1 aliphatic heterocycles. The Balaban J connectivity index is 1.67. The monoisotopic (exact) mass is 316 g/mol. The molecule has 0 aliphatic carbocycles. The first-order valence-corrected chi connectivity index (χ1v) is 7.56.